The quantitative estimate of drug-likeness (QED) is 0.793. The number of hydrogen-bond acceptors (Lipinski definition) is 1. The zero-order valence-corrected chi connectivity index (χ0v) is 8.38. The van der Waals surface area contributed by atoms with Crippen LogP contribution in [0.5, 0.6) is 0 Å². The van der Waals surface area contributed by atoms with Crippen LogP contribution in [-0.4, -0.2) is 17.3 Å². The van der Waals surface area contributed by atoms with Crippen LogP contribution in [0.3, 0.4) is 0 Å². The first-order valence-corrected chi connectivity index (χ1v) is 4.39. The normalized spacial score (nSPS) is 12.6. The third kappa shape index (κ3) is 3.12. The van der Waals surface area contributed by atoms with Gasteiger partial charge in [-0.3, -0.25) is 0 Å². The lowest BCUT2D eigenvalue weighted by atomic mass is 10.1. The van der Waals surface area contributed by atoms with Crippen molar-refractivity contribution in [1.29, 1.82) is 0 Å². The Morgan fingerprint density at radius 1 is 1.25 bits per heavy atom. The third-order valence-electron chi connectivity index (χ3n) is 1.92. The minimum Gasteiger partial charge on any atom is -0.478 e. The van der Waals surface area contributed by atoms with Crippen molar-refractivity contribution in [2.45, 2.75) is 13.1 Å². The van der Waals surface area contributed by atoms with Crippen molar-refractivity contribution in [3.05, 3.63) is 41.0 Å². The van der Waals surface area contributed by atoms with Crippen LogP contribution in [-0.2, 0) is 4.79 Å². The van der Waals surface area contributed by atoms with Gasteiger partial charge in [0.25, 0.3) is 0 Å². The summed E-state index contributed by atoms with van der Waals surface area (Å²) in [4.78, 5) is 10.4. The van der Waals surface area contributed by atoms with Crippen LogP contribution in [0.25, 0.3) is 6.08 Å². The maximum absolute atomic E-state index is 12.3. The van der Waals surface area contributed by atoms with E-state index in [9.17, 15) is 18.0 Å². The zero-order chi connectivity index (χ0) is 12.3. The van der Waals surface area contributed by atoms with Crippen LogP contribution in [0.4, 0.5) is 13.2 Å². The number of carboxylic acid groups (broad SMARTS) is 1. The Labute approximate surface area is 90.0 Å². The summed E-state index contributed by atoms with van der Waals surface area (Å²) in [6, 6.07) is 6.09. The molecule has 0 fully saturated rings. The Morgan fingerprint density at radius 2 is 1.75 bits per heavy atom. The number of carbonyl (C=O) groups is 1. The first-order chi connectivity index (χ1) is 7.30. The topological polar surface area (TPSA) is 37.3 Å². The molecule has 0 saturated heterocycles. The molecule has 0 aliphatic heterocycles. The second-order valence-electron chi connectivity index (χ2n) is 3.27. The molecule has 0 heterocycles. The molecule has 16 heavy (non-hydrogen) atoms. The van der Waals surface area contributed by atoms with E-state index in [0.717, 1.165) is 5.56 Å². The smallest absolute Gasteiger partial charge is 0.423 e. The van der Waals surface area contributed by atoms with Gasteiger partial charge in [-0.1, -0.05) is 29.8 Å². The van der Waals surface area contributed by atoms with E-state index in [1.165, 1.54) is 12.1 Å². The summed E-state index contributed by atoms with van der Waals surface area (Å²) in [6.07, 6.45) is -4.24. The van der Waals surface area contributed by atoms with Gasteiger partial charge in [0.2, 0.25) is 0 Å². The molecule has 1 aromatic rings. The largest absolute Gasteiger partial charge is 0.478 e. The van der Waals surface area contributed by atoms with E-state index in [1.807, 2.05) is 0 Å². The van der Waals surface area contributed by atoms with Crippen molar-refractivity contribution in [2.75, 3.05) is 0 Å². The van der Waals surface area contributed by atoms with E-state index in [-0.39, 0.29) is 5.56 Å². The molecule has 5 heteroatoms. The van der Waals surface area contributed by atoms with Crippen LogP contribution >= 0.6 is 0 Å². The summed E-state index contributed by atoms with van der Waals surface area (Å²) in [7, 11) is 0. The van der Waals surface area contributed by atoms with E-state index < -0.39 is 17.7 Å². The van der Waals surface area contributed by atoms with Crippen LogP contribution in [0.15, 0.2) is 29.8 Å². The van der Waals surface area contributed by atoms with Crippen molar-refractivity contribution in [2.24, 2.45) is 0 Å². The van der Waals surface area contributed by atoms with E-state index in [1.54, 1.807) is 19.1 Å². The number of hydrogen-bond donors (Lipinski definition) is 1. The number of carboxylic acids is 1. The minimum atomic E-state index is -4.85. The average Bonchev–Trinajstić information content (AvgIpc) is 2.14. The fraction of sp³-hybridized carbons (Fsp3) is 0.182. The number of rotatable bonds is 2. The number of benzene rings is 1. The molecule has 0 bridgehead atoms. The van der Waals surface area contributed by atoms with Gasteiger partial charge >= 0.3 is 12.1 Å². The zero-order valence-electron chi connectivity index (χ0n) is 8.38. The van der Waals surface area contributed by atoms with Gasteiger partial charge < -0.3 is 5.11 Å². The molecule has 0 atom stereocenters. The maximum atomic E-state index is 12.3. The van der Waals surface area contributed by atoms with Crippen molar-refractivity contribution >= 4 is 12.0 Å². The van der Waals surface area contributed by atoms with Crippen LogP contribution in [0, 0.1) is 6.92 Å². The maximum Gasteiger partial charge on any atom is 0.423 e. The molecule has 0 saturated carbocycles. The van der Waals surface area contributed by atoms with Gasteiger partial charge in [0.15, 0.2) is 0 Å². The second-order valence-corrected chi connectivity index (χ2v) is 3.27. The summed E-state index contributed by atoms with van der Waals surface area (Å²) in [6.45, 7) is 1.79. The Kier molecular flexibility index (Phi) is 3.37. The average molecular weight is 230 g/mol. The summed E-state index contributed by atoms with van der Waals surface area (Å²) in [5.41, 5.74) is -0.474. The summed E-state index contributed by atoms with van der Waals surface area (Å²) in [5.74, 6) is -1.98. The number of halogens is 3. The molecule has 0 radical (unpaired) electrons. The minimum absolute atomic E-state index is 0.209. The van der Waals surface area contributed by atoms with Gasteiger partial charge in [-0.2, -0.15) is 13.2 Å². The first kappa shape index (κ1) is 12.3. The van der Waals surface area contributed by atoms with Crippen molar-refractivity contribution in [1.82, 2.24) is 0 Å². The lowest BCUT2D eigenvalue weighted by Crippen LogP contribution is -2.19. The fourth-order valence-electron chi connectivity index (χ4n) is 1.09. The fourth-order valence-corrected chi connectivity index (χ4v) is 1.09. The molecule has 0 unspecified atom stereocenters. The Hall–Kier alpha value is -1.78. The van der Waals surface area contributed by atoms with E-state index in [4.69, 9.17) is 5.11 Å². The summed E-state index contributed by atoms with van der Waals surface area (Å²) < 4.78 is 36.9. The molecule has 0 aliphatic rings. The van der Waals surface area contributed by atoms with E-state index in [0.29, 0.717) is 6.08 Å². The van der Waals surface area contributed by atoms with Crippen molar-refractivity contribution < 1.29 is 23.1 Å². The molecule has 2 nitrogen and oxygen atoms in total. The lowest BCUT2D eigenvalue weighted by molar-refractivity contribution is -0.144. The second kappa shape index (κ2) is 4.38. The standard InChI is InChI=1S/C11H9F3O2/c1-7-2-4-8(5-3-7)6-9(10(15)16)11(12,13)14/h2-6H,1H3,(H,15,16)/b9-6-. The third-order valence-corrected chi connectivity index (χ3v) is 1.92. The molecule has 86 valence electrons. The lowest BCUT2D eigenvalue weighted by Gasteiger charge is -2.06. The Balaban J connectivity index is 3.13. The highest BCUT2D eigenvalue weighted by molar-refractivity contribution is 5.93. The molecule has 0 amide bonds. The highest BCUT2D eigenvalue weighted by Gasteiger charge is 2.38. The summed E-state index contributed by atoms with van der Waals surface area (Å²) in [5, 5.41) is 8.44. The number of aryl methyl sites for hydroxylation is 1. The number of alkyl halides is 3. The Bertz CT molecular complexity index is 416. The Morgan fingerprint density at radius 3 is 2.12 bits per heavy atom. The molecule has 1 aromatic carbocycles. The number of aliphatic carboxylic acids is 1. The van der Waals surface area contributed by atoms with Gasteiger partial charge in [0.05, 0.1) is 0 Å². The predicted octanol–water partition coefficient (Wildman–Crippen LogP) is 3.03. The van der Waals surface area contributed by atoms with Gasteiger partial charge in [-0.25, -0.2) is 4.79 Å². The van der Waals surface area contributed by atoms with Gasteiger partial charge in [0, 0.05) is 0 Å². The molecular weight excluding hydrogens is 221 g/mol. The van der Waals surface area contributed by atoms with Crippen molar-refractivity contribution in [3.8, 4) is 0 Å². The molecule has 0 aromatic heterocycles. The van der Waals surface area contributed by atoms with Crippen LogP contribution < -0.4 is 0 Å². The van der Waals surface area contributed by atoms with Crippen LogP contribution in [0.1, 0.15) is 11.1 Å². The molecule has 1 rings (SSSR count). The highest BCUT2D eigenvalue weighted by atomic mass is 19.4. The summed E-state index contributed by atoms with van der Waals surface area (Å²) >= 11 is 0. The first-order valence-electron chi connectivity index (χ1n) is 4.39. The van der Waals surface area contributed by atoms with Gasteiger partial charge in [-0.15, -0.1) is 0 Å². The van der Waals surface area contributed by atoms with E-state index in [2.05, 4.69) is 0 Å². The van der Waals surface area contributed by atoms with Crippen molar-refractivity contribution in [3.63, 3.8) is 0 Å². The molecule has 1 N–H and O–H groups in total. The molecular formula is C11H9F3O2. The monoisotopic (exact) mass is 230 g/mol. The molecule has 0 spiro atoms. The van der Waals surface area contributed by atoms with Gasteiger partial charge in [-0.05, 0) is 18.6 Å². The van der Waals surface area contributed by atoms with E-state index >= 15 is 0 Å². The highest BCUT2D eigenvalue weighted by Crippen LogP contribution is 2.27. The predicted molar refractivity (Wildman–Crippen MR) is 52.8 cm³/mol. The molecule has 0 aliphatic carbocycles. The van der Waals surface area contributed by atoms with Crippen LogP contribution in [0.2, 0.25) is 0 Å². The SMILES string of the molecule is Cc1ccc(/C=C(/C(=O)O)C(F)(F)F)cc1. The van der Waals surface area contributed by atoms with Gasteiger partial charge in [0.1, 0.15) is 5.57 Å².